The summed E-state index contributed by atoms with van der Waals surface area (Å²) in [6, 6.07) is 17.4. The van der Waals surface area contributed by atoms with Crippen LogP contribution in [0.2, 0.25) is 0 Å². The lowest BCUT2D eigenvalue weighted by Gasteiger charge is -2.13. The standard InChI is InChI=1S/C23H24N8OS/c1-15(2)13-14-29-21(32)18-11-7-8-12-19(18)30-22(29)25-26-23(30)33-16(3)20-24-27-28-31(20)17-9-5-4-6-10-17/h4-12,15-16H,13-14H2,1-3H3. The minimum atomic E-state index is -0.109. The fourth-order valence-electron chi connectivity index (χ4n) is 3.81. The third kappa shape index (κ3) is 3.91. The predicted octanol–water partition coefficient (Wildman–Crippen LogP) is 3.92. The molecule has 0 saturated carbocycles. The monoisotopic (exact) mass is 460 g/mol. The van der Waals surface area contributed by atoms with Crippen LogP contribution in [0.15, 0.2) is 64.5 Å². The normalized spacial score (nSPS) is 12.7. The van der Waals surface area contributed by atoms with Gasteiger partial charge in [0.05, 0.1) is 21.8 Å². The molecule has 0 spiro atoms. The van der Waals surface area contributed by atoms with E-state index in [1.54, 1.807) is 9.25 Å². The van der Waals surface area contributed by atoms with Gasteiger partial charge in [-0.1, -0.05) is 55.9 Å². The second-order valence-electron chi connectivity index (χ2n) is 8.32. The maximum atomic E-state index is 13.2. The largest absolute Gasteiger partial charge is 0.276 e. The lowest BCUT2D eigenvalue weighted by atomic mass is 10.1. The van der Waals surface area contributed by atoms with Gasteiger partial charge in [0.1, 0.15) is 0 Å². The maximum absolute atomic E-state index is 13.2. The molecule has 0 aliphatic rings. The van der Waals surface area contributed by atoms with Gasteiger partial charge >= 0.3 is 0 Å². The van der Waals surface area contributed by atoms with Gasteiger partial charge in [-0.3, -0.25) is 13.8 Å². The smallest absolute Gasteiger partial charge is 0.262 e. The number of para-hydroxylation sites is 2. The van der Waals surface area contributed by atoms with Crippen molar-refractivity contribution in [2.45, 2.75) is 44.1 Å². The maximum Gasteiger partial charge on any atom is 0.262 e. The molecule has 9 nitrogen and oxygen atoms in total. The number of hydrogen-bond donors (Lipinski definition) is 0. The van der Waals surface area contributed by atoms with E-state index in [4.69, 9.17) is 0 Å². The van der Waals surface area contributed by atoms with Gasteiger partial charge in [-0.05, 0) is 54.0 Å². The molecule has 0 aliphatic carbocycles. The van der Waals surface area contributed by atoms with Crippen LogP contribution in [0, 0.1) is 5.92 Å². The topological polar surface area (TPSA) is 95.8 Å². The third-order valence-corrected chi connectivity index (χ3v) is 6.59. The Morgan fingerprint density at radius 3 is 2.48 bits per heavy atom. The zero-order chi connectivity index (χ0) is 22.9. The number of hydrogen-bond acceptors (Lipinski definition) is 7. The summed E-state index contributed by atoms with van der Waals surface area (Å²) >= 11 is 1.51. The highest BCUT2D eigenvalue weighted by molar-refractivity contribution is 7.99. The number of fused-ring (bicyclic) bond motifs is 3. The zero-order valence-electron chi connectivity index (χ0n) is 18.7. The number of benzene rings is 2. The molecule has 5 aromatic rings. The first-order valence-electron chi connectivity index (χ1n) is 10.9. The van der Waals surface area contributed by atoms with Crippen LogP contribution in [0.25, 0.3) is 22.4 Å². The van der Waals surface area contributed by atoms with Crippen molar-refractivity contribution >= 4 is 28.4 Å². The SMILES string of the molecule is CC(C)CCn1c(=O)c2ccccc2n2c(SC(C)c3nnnn3-c3ccccc3)nnc12. The fourth-order valence-corrected chi connectivity index (χ4v) is 4.75. The first kappa shape index (κ1) is 21.3. The Morgan fingerprint density at radius 1 is 0.939 bits per heavy atom. The van der Waals surface area contributed by atoms with Crippen LogP contribution in [0.5, 0.6) is 0 Å². The summed E-state index contributed by atoms with van der Waals surface area (Å²) in [4.78, 5) is 13.2. The molecule has 10 heteroatoms. The van der Waals surface area contributed by atoms with Gasteiger partial charge < -0.3 is 0 Å². The van der Waals surface area contributed by atoms with Crippen molar-refractivity contribution in [2.75, 3.05) is 0 Å². The number of tetrazole rings is 1. The number of thioether (sulfide) groups is 1. The third-order valence-electron chi connectivity index (χ3n) is 5.55. The summed E-state index contributed by atoms with van der Waals surface area (Å²) in [5, 5.41) is 22.4. The van der Waals surface area contributed by atoms with Crippen LogP contribution in [-0.2, 0) is 6.54 Å². The van der Waals surface area contributed by atoms with Crippen LogP contribution in [0.1, 0.15) is 38.3 Å². The van der Waals surface area contributed by atoms with E-state index in [-0.39, 0.29) is 10.8 Å². The summed E-state index contributed by atoms with van der Waals surface area (Å²) in [7, 11) is 0. The Morgan fingerprint density at radius 2 is 1.70 bits per heavy atom. The zero-order valence-corrected chi connectivity index (χ0v) is 19.5. The second kappa shape index (κ2) is 8.78. The average Bonchev–Trinajstić information content (AvgIpc) is 3.47. The van der Waals surface area contributed by atoms with E-state index in [2.05, 4.69) is 39.6 Å². The highest BCUT2D eigenvalue weighted by Crippen LogP contribution is 2.34. The number of rotatable bonds is 7. The first-order chi connectivity index (χ1) is 16.0. The highest BCUT2D eigenvalue weighted by Gasteiger charge is 2.22. The van der Waals surface area contributed by atoms with Gasteiger partial charge in [0.2, 0.25) is 5.78 Å². The fraction of sp³-hybridized carbons (Fsp3) is 0.304. The summed E-state index contributed by atoms with van der Waals surface area (Å²) < 4.78 is 5.44. The molecule has 5 rings (SSSR count). The average molecular weight is 461 g/mol. The van der Waals surface area contributed by atoms with Gasteiger partial charge in [-0.2, -0.15) is 4.68 Å². The van der Waals surface area contributed by atoms with Gasteiger partial charge in [0, 0.05) is 6.54 Å². The van der Waals surface area contributed by atoms with E-state index in [0.717, 1.165) is 17.6 Å². The molecule has 33 heavy (non-hydrogen) atoms. The molecule has 0 N–H and O–H groups in total. The quantitative estimate of drug-likeness (QED) is 0.340. The summed E-state index contributed by atoms with van der Waals surface area (Å²) in [5.74, 6) is 1.73. The molecule has 0 saturated heterocycles. The van der Waals surface area contributed by atoms with E-state index >= 15 is 0 Å². The van der Waals surface area contributed by atoms with Crippen molar-refractivity contribution in [2.24, 2.45) is 5.92 Å². The van der Waals surface area contributed by atoms with Crippen molar-refractivity contribution in [3.05, 3.63) is 70.8 Å². The summed E-state index contributed by atoms with van der Waals surface area (Å²) in [6.07, 6.45) is 0.880. The van der Waals surface area contributed by atoms with E-state index in [0.29, 0.717) is 34.6 Å². The minimum absolute atomic E-state index is 0.0382. The molecular formula is C23H24N8OS. The molecule has 1 atom stereocenters. The van der Waals surface area contributed by atoms with Gasteiger partial charge in [0.25, 0.3) is 5.56 Å². The lowest BCUT2D eigenvalue weighted by Crippen LogP contribution is -2.24. The number of aromatic nitrogens is 8. The van der Waals surface area contributed by atoms with Gasteiger partial charge in [-0.25, -0.2) is 0 Å². The molecule has 3 heterocycles. The highest BCUT2D eigenvalue weighted by atomic mass is 32.2. The van der Waals surface area contributed by atoms with Gasteiger partial charge in [0.15, 0.2) is 11.0 Å². The van der Waals surface area contributed by atoms with Crippen molar-refractivity contribution < 1.29 is 0 Å². The molecule has 168 valence electrons. The molecule has 0 radical (unpaired) electrons. The van der Waals surface area contributed by atoms with Crippen molar-refractivity contribution in [3.63, 3.8) is 0 Å². The number of nitrogens with zero attached hydrogens (tertiary/aromatic N) is 8. The number of aryl methyl sites for hydroxylation is 1. The van der Waals surface area contributed by atoms with Crippen molar-refractivity contribution in [1.82, 2.24) is 39.4 Å². The summed E-state index contributed by atoms with van der Waals surface area (Å²) in [6.45, 7) is 6.92. The van der Waals surface area contributed by atoms with Crippen LogP contribution >= 0.6 is 11.8 Å². The summed E-state index contributed by atoms with van der Waals surface area (Å²) in [5.41, 5.74) is 1.65. The van der Waals surface area contributed by atoms with Crippen LogP contribution in [0.3, 0.4) is 0 Å². The Hall–Kier alpha value is -3.53. The van der Waals surface area contributed by atoms with E-state index in [1.165, 1.54) is 11.8 Å². The van der Waals surface area contributed by atoms with E-state index < -0.39 is 0 Å². The first-order valence-corrected chi connectivity index (χ1v) is 11.8. The van der Waals surface area contributed by atoms with Crippen LogP contribution in [-0.4, -0.2) is 39.4 Å². The van der Waals surface area contributed by atoms with Crippen molar-refractivity contribution in [3.8, 4) is 5.69 Å². The Labute approximate surface area is 194 Å². The Kier molecular flexibility index (Phi) is 5.67. The van der Waals surface area contributed by atoms with Crippen LogP contribution in [0.4, 0.5) is 0 Å². The molecule has 0 amide bonds. The molecule has 2 aromatic carbocycles. The van der Waals surface area contributed by atoms with E-state index in [9.17, 15) is 4.79 Å². The lowest BCUT2D eigenvalue weighted by molar-refractivity contribution is 0.512. The molecule has 0 fully saturated rings. The van der Waals surface area contributed by atoms with Gasteiger partial charge in [-0.15, -0.1) is 15.3 Å². The molecule has 3 aromatic heterocycles. The van der Waals surface area contributed by atoms with Crippen molar-refractivity contribution in [1.29, 1.82) is 0 Å². The minimum Gasteiger partial charge on any atom is -0.276 e. The Balaban J connectivity index is 1.59. The van der Waals surface area contributed by atoms with Crippen LogP contribution < -0.4 is 5.56 Å². The molecular weight excluding hydrogens is 436 g/mol. The molecule has 0 aliphatic heterocycles. The molecule has 0 bridgehead atoms. The molecule has 1 unspecified atom stereocenters. The predicted molar refractivity (Wildman–Crippen MR) is 128 cm³/mol. The Bertz CT molecular complexity index is 1470. The van der Waals surface area contributed by atoms with E-state index in [1.807, 2.05) is 65.9 Å². The second-order valence-corrected chi connectivity index (χ2v) is 9.63.